The Balaban J connectivity index is 1.96. The molecule has 0 unspecified atom stereocenters. The van der Waals surface area contributed by atoms with Crippen LogP contribution in [0.25, 0.3) is 0 Å². The number of aryl methyl sites for hydroxylation is 1. The number of thiophene rings is 2. The Morgan fingerprint density at radius 1 is 1.32 bits per heavy atom. The van der Waals surface area contributed by atoms with Crippen LogP contribution in [-0.4, -0.2) is 19.0 Å². The predicted octanol–water partition coefficient (Wildman–Crippen LogP) is 4.23. The van der Waals surface area contributed by atoms with Crippen molar-refractivity contribution in [3.63, 3.8) is 0 Å². The normalized spacial score (nSPS) is 11.4. The van der Waals surface area contributed by atoms with Crippen molar-refractivity contribution in [1.29, 1.82) is 0 Å². The molecule has 0 bridgehead atoms. The molecule has 0 aliphatic carbocycles. The molecule has 104 valence electrons. The Kier molecular flexibility index (Phi) is 5.59. The van der Waals surface area contributed by atoms with Gasteiger partial charge in [-0.2, -0.15) is 0 Å². The molecule has 0 saturated carbocycles. The first-order chi connectivity index (χ1) is 9.08. The van der Waals surface area contributed by atoms with Gasteiger partial charge in [0.15, 0.2) is 0 Å². The molecule has 2 heterocycles. The molecule has 2 aromatic heterocycles. The van der Waals surface area contributed by atoms with E-state index in [4.69, 9.17) is 0 Å². The molecule has 19 heavy (non-hydrogen) atoms. The van der Waals surface area contributed by atoms with Gasteiger partial charge in [-0.15, -0.1) is 22.7 Å². The van der Waals surface area contributed by atoms with Gasteiger partial charge in [-0.1, -0.05) is 0 Å². The topological polar surface area (TPSA) is 15.3 Å². The van der Waals surface area contributed by atoms with E-state index in [1.807, 2.05) is 18.4 Å². The van der Waals surface area contributed by atoms with Crippen LogP contribution < -0.4 is 5.32 Å². The van der Waals surface area contributed by atoms with Gasteiger partial charge in [0.25, 0.3) is 0 Å². The molecule has 0 atom stereocenters. The minimum atomic E-state index is 0.965. The molecule has 0 aliphatic heterocycles. The molecule has 5 heteroatoms. The first kappa shape index (κ1) is 15.2. The molecule has 0 spiro atoms. The van der Waals surface area contributed by atoms with Crippen molar-refractivity contribution in [3.8, 4) is 0 Å². The summed E-state index contributed by atoms with van der Waals surface area (Å²) in [6.07, 6.45) is 0. The zero-order valence-corrected chi connectivity index (χ0v) is 14.7. The number of nitrogens with zero attached hydrogens (tertiary/aromatic N) is 1. The van der Waals surface area contributed by atoms with E-state index in [9.17, 15) is 0 Å². The van der Waals surface area contributed by atoms with Gasteiger partial charge in [-0.05, 0) is 65.6 Å². The first-order valence-corrected chi connectivity index (χ1v) is 8.71. The van der Waals surface area contributed by atoms with Crippen LogP contribution in [0.2, 0.25) is 0 Å². The number of nitrogens with one attached hydrogen (secondary N) is 1. The SMILES string of the molecule is CNCc1cc(CN(C)Cc2csc(Br)c2)c(C)s1. The summed E-state index contributed by atoms with van der Waals surface area (Å²) >= 11 is 7.16. The van der Waals surface area contributed by atoms with E-state index in [-0.39, 0.29) is 0 Å². The Morgan fingerprint density at radius 3 is 2.74 bits per heavy atom. The molecule has 0 fully saturated rings. The summed E-state index contributed by atoms with van der Waals surface area (Å²) in [4.78, 5) is 5.22. The largest absolute Gasteiger partial charge is 0.315 e. The van der Waals surface area contributed by atoms with Crippen LogP contribution in [0.5, 0.6) is 0 Å². The highest BCUT2D eigenvalue weighted by Crippen LogP contribution is 2.25. The van der Waals surface area contributed by atoms with Crippen molar-refractivity contribution in [3.05, 3.63) is 42.2 Å². The average Bonchev–Trinajstić information content (AvgIpc) is 2.87. The summed E-state index contributed by atoms with van der Waals surface area (Å²) in [7, 11) is 4.18. The highest BCUT2D eigenvalue weighted by Gasteiger charge is 2.09. The number of rotatable bonds is 6. The number of hydrogen-bond donors (Lipinski definition) is 1. The van der Waals surface area contributed by atoms with Crippen molar-refractivity contribution in [2.75, 3.05) is 14.1 Å². The third-order valence-corrected chi connectivity index (χ3v) is 5.58. The molecule has 2 aromatic rings. The second-order valence-electron chi connectivity index (χ2n) is 4.76. The van der Waals surface area contributed by atoms with Gasteiger partial charge in [0.05, 0.1) is 3.79 Å². The van der Waals surface area contributed by atoms with Crippen LogP contribution in [0.3, 0.4) is 0 Å². The van der Waals surface area contributed by atoms with Crippen LogP contribution in [0, 0.1) is 6.92 Å². The minimum absolute atomic E-state index is 0.965. The highest BCUT2D eigenvalue weighted by atomic mass is 79.9. The van der Waals surface area contributed by atoms with E-state index >= 15 is 0 Å². The van der Waals surface area contributed by atoms with Crippen molar-refractivity contribution in [2.24, 2.45) is 0 Å². The van der Waals surface area contributed by atoms with Crippen LogP contribution in [0.1, 0.15) is 20.9 Å². The maximum atomic E-state index is 3.52. The molecule has 0 saturated heterocycles. The van der Waals surface area contributed by atoms with Gasteiger partial charge in [0.2, 0.25) is 0 Å². The van der Waals surface area contributed by atoms with Crippen LogP contribution in [-0.2, 0) is 19.6 Å². The Morgan fingerprint density at radius 2 is 2.11 bits per heavy atom. The summed E-state index contributed by atoms with van der Waals surface area (Å²) < 4.78 is 1.21. The maximum absolute atomic E-state index is 3.52. The van der Waals surface area contributed by atoms with Crippen molar-refractivity contribution >= 4 is 38.6 Å². The maximum Gasteiger partial charge on any atom is 0.0701 e. The Labute approximate surface area is 131 Å². The standard InChI is InChI=1S/C14H19BrN2S2/c1-10-12(5-13(19-10)6-16-2)8-17(3)7-11-4-14(15)18-9-11/h4-5,9,16H,6-8H2,1-3H3. The van der Waals surface area contributed by atoms with Gasteiger partial charge < -0.3 is 5.32 Å². The summed E-state index contributed by atoms with van der Waals surface area (Å²) in [5, 5.41) is 5.43. The highest BCUT2D eigenvalue weighted by molar-refractivity contribution is 9.11. The van der Waals surface area contributed by atoms with Crippen molar-refractivity contribution < 1.29 is 0 Å². The molecule has 2 nitrogen and oxygen atoms in total. The average molecular weight is 359 g/mol. The van der Waals surface area contributed by atoms with Gasteiger partial charge in [0.1, 0.15) is 0 Å². The summed E-state index contributed by atoms with van der Waals surface area (Å²) in [6.45, 7) is 5.19. The number of hydrogen-bond acceptors (Lipinski definition) is 4. The molecule has 0 aromatic carbocycles. The zero-order valence-electron chi connectivity index (χ0n) is 11.5. The van der Waals surface area contributed by atoms with Gasteiger partial charge in [-0.3, -0.25) is 4.90 Å². The fraction of sp³-hybridized carbons (Fsp3) is 0.429. The summed E-state index contributed by atoms with van der Waals surface area (Å²) in [5.41, 5.74) is 2.83. The molecular formula is C14H19BrN2S2. The van der Waals surface area contributed by atoms with Crippen LogP contribution >= 0.6 is 38.6 Å². The van der Waals surface area contributed by atoms with Crippen molar-refractivity contribution in [2.45, 2.75) is 26.6 Å². The van der Waals surface area contributed by atoms with Gasteiger partial charge >= 0.3 is 0 Å². The first-order valence-electron chi connectivity index (χ1n) is 6.22. The van der Waals surface area contributed by atoms with E-state index in [2.05, 4.69) is 57.6 Å². The van der Waals surface area contributed by atoms with Crippen LogP contribution in [0.4, 0.5) is 0 Å². The Bertz CT molecular complexity index is 533. The molecule has 0 amide bonds. The molecule has 0 radical (unpaired) electrons. The molecule has 2 rings (SSSR count). The minimum Gasteiger partial charge on any atom is -0.315 e. The van der Waals surface area contributed by atoms with Gasteiger partial charge in [-0.25, -0.2) is 0 Å². The second kappa shape index (κ2) is 6.99. The monoisotopic (exact) mass is 358 g/mol. The lowest BCUT2D eigenvalue weighted by atomic mass is 10.2. The van der Waals surface area contributed by atoms with E-state index in [0.29, 0.717) is 0 Å². The van der Waals surface area contributed by atoms with E-state index in [0.717, 1.165) is 19.6 Å². The summed E-state index contributed by atoms with van der Waals surface area (Å²) in [6, 6.07) is 4.53. The van der Waals surface area contributed by atoms with Gasteiger partial charge in [0, 0.05) is 29.4 Å². The lowest BCUT2D eigenvalue weighted by Crippen LogP contribution is -2.16. The fourth-order valence-corrected chi connectivity index (χ4v) is 4.36. The quantitative estimate of drug-likeness (QED) is 0.830. The Hall–Kier alpha value is -0.200. The van der Waals surface area contributed by atoms with E-state index in [1.165, 1.54) is 24.7 Å². The second-order valence-corrected chi connectivity index (χ2v) is 8.39. The molecular weight excluding hydrogens is 340 g/mol. The molecule has 0 aliphatic rings. The van der Waals surface area contributed by atoms with E-state index in [1.54, 1.807) is 11.3 Å². The lowest BCUT2D eigenvalue weighted by molar-refractivity contribution is 0.319. The number of halogens is 1. The smallest absolute Gasteiger partial charge is 0.0701 e. The van der Waals surface area contributed by atoms with E-state index < -0.39 is 0 Å². The third kappa shape index (κ3) is 4.39. The lowest BCUT2D eigenvalue weighted by Gasteiger charge is -2.15. The predicted molar refractivity (Wildman–Crippen MR) is 89.0 cm³/mol. The summed E-state index contributed by atoms with van der Waals surface area (Å²) in [5.74, 6) is 0. The zero-order chi connectivity index (χ0) is 13.8. The fourth-order valence-electron chi connectivity index (χ4n) is 2.09. The third-order valence-electron chi connectivity index (χ3n) is 2.94. The molecule has 1 N–H and O–H groups in total. The van der Waals surface area contributed by atoms with Crippen molar-refractivity contribution in [1.82, 2.24) is 10.2 Å². The van der Waals surface area contributed by atoms with Crippen LogP contribution in [0.15, 0.2) is 21.3 Å².